The first-order chi connectivity index (χ1) is 7.56. The highest BCUT2D eigenvalue weighted by molar-refractivity contribution is 4.87. The molecule has 2 fully saturated rings. The molecular weight excluding hydrogens is 196 g/mol. The van der Waals surface area contributed by atoms with E-state index in [0.29, 0.717) is 6.04 Å². The van der Waals surface area contributed by atoms with Crippen LogP contribution in [-0.2, 0) is 0 Å². The van der Waals surface area contributed by atoms with Crippen molar-refractivity contribution in [3.63, 3.8) is 0 Å². The standard InChI is InChI=1S/C14H28N2/c1-10(2)12-4-5-16(9-12)8-11(3)13-6-14(15)7-13/h10-14H,4-9,15H2,1-3H3/t11?,12?,13-,14+. The molecule has 2 aliphatic rings. The molecule has 1 saturated heterocycles. The van der Waals surface area contributed by atoms with E-state index in [4.69, 9.17) is 5.73 Å². The Morgan fingerprint density at radius 2 is 1.88 bits per heavy atom. The Kier molecular flexibility index (Phi) is 3.91. The summed E-state index contributed by atoms with van der Waals surface area (Å²) >= 11 is 0. The highest BCUT2D eigenvalue weighted by atomic mass is 15.1. The number of nitrogens with zero attached hydrogens (tertiary/aromatic N) is 1. The summed E-state index contributed by atoms with van der Waals surface area (Å²) in [6.07, 6.45) is 3.94. The Balaban J connectivity index is 1.70. The van der Waals surface area contributed by atoms with E-state index < -0.39 is 0 Å². The van der Waals surface area contributed by atoms with Crippen molar-refractivity contribution in [1.29, 1.82) is 0 Å². The summed E-state index contributed by atoms with van der Waals surface area (Å²) in [5, 5.41) is 0. The van der Waals surface area contributed by atoms with Gasteiger partial charge in [0.15, 0.2) is 0 Å². The molecule has 0 aromatic rings. The molecule has 0 aromatic heterocycles. The Morgan fingerprint density at radius 3 is 2.38 bits per heavy atom. The fourth-order valence-electron chi connectivity index (χ4n) is 3.30. The molecule has 1 aliphatic carbocycles. The van der Waals surface area contributed by atoms with E-state index in [1.54, 1.807) is 0 Å². The van der Waals surface area contributed by atoms with Gasteiger partial charge < -0.3 is 10.6 Å². The molecule has 0 aromatic carbocycles. The summed E-state index contributed by atoms with van der Waals surface area (Å²) in [5.74, 6) is 3.56. The van der Waals surface area contributed by atoms with Gasteiger partial charge in [-0.25, -0.2) is 0 Å². The first kappa shape index (κ1) is 12.4. The summed E-state index contributed by atoms with van der Waals surface area (Å²) in [7, 11) is 0. The highest BCUT2D eigenvalue weighted by Crippen LogP contribution is 2.34. The first-order valence-electron chi connectivity index (χ1n) is 7.04. The zero-order valence-corrected chi connectivity index (χ0v) is 11.2. The molecule has 1 heterocycles. The van der Waals surface area contributed by atoms with Gasteiger partial charge in [0.1, 0.15) is 0 Å². The summed E-state index contributed by atoms with van der Waals surface area (Å²) in [4.78, 5) is 2.68. The van der Waals surface area contributed by atoms with Crippen molar-refractivity contribution in [2.75, 3.05) is 19.6 Å². The monoisotopic (exact) mass is 224 g/mol. The lowest BCUT2D eigenvalue weighted by Crippen LogP contribution is -2.42. The van der Waals surface area contributed by atoms with Crippen LogP contribution in [0.5, 0.6) is 0 Å². The van der Waals surface area contributed by atoms with Crippen LogP contribution in [0.1, 0.15) is 40.0 Å². The summed E-state index contributed by atoms with van der Waals surface area (Å²) < 4.78 is 0. The molecule has 0 spiro atoms. The van der Waals surface area contributed by atoms with Crippen LogP contribution < -0.4 is 5.73 Å². The minimum Gasteiger partial charge on any atom is -0.328 e. The van der Waals surface area contributed by atoms with Gasteiger partial charge in [0.05, 0.1) is 0 Å². The van der Waals surface area contributed by atoms with Crippen LogP contribution in [0.3, 0.4) is 0 Å². The molecule has 2 nitrogen and oxygen atoms in total. The van der Waals surface area contributed by atoms with E-state index in [-0.39, 0.29) is 0 Å². The molecule has 2 atom stereocenters. The van der Waals surface area contributed by atoms with E-state index in [2.05, 4.69) is 25.7 Å². The van der Waals surface area contributed by atoms with Gasteiger partial charge in [-0.05, 0) is 49.5 Å². The topological polar surface area (TPSA) is 29.3 Å². The van der Waals surface area contributed by atoms with E-state index in [9.17, 15) is 0 Å². The lowest BCUT2D eigenvalue weighted by molar-refractivity contribution is 0.143. The fourth-order valence-corrected chi connectivity index (χ4v) is 3.30. The molecular formula is C14H28N2. The van der Waals surface area contributed by atoms with Crippen LogP contribution in [0.25, 0.3) is 0 Å². The lowest BCUT2D eigenvalue weighted by Gasteiger charge is -2.38. The van der Waals surface area contributed by atoms with E-state index >= 15 is 0 Å². The maximum Gasteiger partial charge on any atom is 0.00443 e. The largest absolute Gasteiger partial charge is 0.328 e. The molecule has 2 unspecified atom stereocenters. The Bertz CT molecular complexity index is 221. The summed E-state index contributed by atoms with van der Waals surface area (Å²) in [6, 6.07) is 0.509. The van der Waals surface area contributed by atoms with Crippen molar-refractivity contribution >= 4 is 0 Å². The van der Waals surface area contributed by atoms with Gasteiger partial charge in [-0.15, -0.1) is 0 Å². The number of hydrogen-bond acceptors (Lipinski definition) is 2. The van der Waals surface area contributed by atoms with Gasteiger partial charge in [-0.1, -0.05) is 20.8 Å². The van der Waals surface area contributed by atoms with Gasteiger partial charge in [-0.3, -0.25) is 0 Å². The van der Waals surface area contributed by atoms with Crippen molar-refractivity contribution in [2.24, 2.45) is 29.4 Å². The molecule has 0 radical (unpaired) electrons. The third-order valence-electron chi connectivity index (χ3n) is 4.81. The van der Waals surface area contributed by atoms with Crippen molar-refractivity contribution in [3.8, 4) is 0 Å². The predicted octanol–water partition coefficient (Wildman–Crippen LogP) is 2.34. The zero-order chi connectivity index (χ0) is 11.7. The Labute approximate surface area is 101 Å². The van der Waals surface area contributed by atoms with E-state index in [1.807, 2.05) is 0 Å². The Morgan fingerprint density at radius 1 is 1.19 bits per heavy atom. The number of likely N-dealkylation sites (tertiary alicyclic amines) is 1. The van der Waals surface area contributed by atoms with Crippen LogP contribution in [0.2, 0.25) is 0 Å². The highest BCUT2D eigenvalue weighted by Gasteiger charge is 2.33. The van der Waals surface area contributed by atoms with Gasteiger partial charge >= 0.3 is 0 Å². The van der Waals surface area contributed by atoms with Gasteiger partial charge in [0, 0.05) is 19.1 Å². The number of nitrogens with two attached hydrogens (primary N) is 1. The van der Waals surface area contributed by atoms with Crippen LogP contribution >= 0.6 is 0 Å². The van der Waals surface area contributed by atoms with Crippen molar-refractivity contribution in [3.05, 3.63) is 0 Å². The van der Waals surface area contributed by atoms with Gasteiger partial charge in [0.25, 0.3) is 0 Å². The van der Waals surface area contributed by atoms with Crippen molar-refractivity contribution < 1.29 is 0 Å². The molecule has 1 saturated carbocycles. The van der Waals surface area contributed by atoms with E-state index in [0.717, 1.165) is 23.7 Å². The molecule has 2 rings (SSSR count). The average molecular weight is 224 g/mol. The third kappa shape index (κ3) is 2.78. The normalized spacial score (nSPS) is 37.7. The second kappa shape index (κ2) is 5.05. The second-order valence-electron chi connectivity index (χ2n) is 6.52. The smallest absolute Gasteiger partial charge is 0.00443 e. The quantitative estimate of drug-likeness (QED) is 0.794. The van der Waals surface area contributed by atoms with E-state index in [1.165, 1.54) is 38.9 Å². The number of hydrogen-bond donors (Lipinski definition) is 1. The predicted molar refractivity (Wildman–Crippen MR) is 69.2 cm³/mol. The van der Waals surface area contributed by atoms with Crippen LogP contribution in [-0.4, -0.2) is 30.6 Å². The fraction of sp³-hybridized carbons (Fsp3) is 1.00. The molecule has 0 bridgehead atoms. The first-order valence-corrected chi connectivity index (χ1v) is 7.04. The summed E-state index contributed by atoms with van der Waals surface area (Å²) in [6.45, 7) is 11.1. The van der Waals surface area contributed by atoms with Gasteiger partial charge in [0.2, 0.25) is 0 Å². The summed E-state index contributed by atoms with van der Waals surface area (Å²) in [5.41, 5.74) is 5.86. The van der Waals surface area contributed by atoms with Crippen molar-refractivity contribution in [1.82, 2.24) is 4.90 Å². The Hall–Kier alpha value is -0.0800. The minimum absolute atomic E-state index is 0.509. The molecule has 2 N–H and O–H groups in total. The third-order valence-corrected chi connectivity index (χ3v) is 4.81. The van der Waals surface area contributed by atoms with Crippen LogP contribution in [0.4, 0.5) is 0 Å². The zero-order valence-electron chi connectivity index (χ0n) is 11.2. The minimum atomic E-state index is 0.509. The van der Waals surface area contributed by atoms with Crippen LogP contribution in [0, 0.1) is 23.7 Å². The SMILES string of the molecule is CC(C)C1CCN(CC(C)[C@H]2C[C@@H](N)C2)C1. The lowest BCUT2D eigenvalue weighted by atomic mass is 9.73. The molecule has 2 heteroatoms. The molecule has 1 aliphatic heterocycles. The molecule has 16 heavy (non-hydrogen) atoms. The van der Waals surface area contributed by atoms with Gasteiger partial charge in [-0.2, -0.15) is 0 Å². The molecule has 94 valence electrons. The van der Waals surface area contributed by atoms with Crippen molar-refractivity contribution in [2.45, 2.75) is 46.1 Å². The van der Waals surface area contributed by atoms with Crippen LogP contribution in [0.15, 0.2) is 0 Å². The molecule has 0 amide bonds. The number of rotatable bonds is 4. The maximum atomic E-state index is 5.86. The average Bonchev–Trinajstić information content (AvgIpc) is 2.61. The maximum absolute atomic E-state index is 5.86. The second-order valence-corrected chi connectivity index (χ2v) is 6.52.